The third-order valence-corrected chi connectivity index (χ3v) is 5.30. The molecule has 4 rings (SSSR count). The van der Waals surface area contributed by atoms with Gasteiger partial charge in [-0.25, -0.2) is 0 Å². The van der Waals surface area contributed by atoms with Gasteiger partial charge in [-0.15, -0.1) is 10.2 Å². The first-order valence-electron chi connectivity index (χ1n) is 8.84. The zero-order valence-electron chi connectivity index (χ0n) is 15.4. The number of ether oxygens (including phenoxy) is 3. The maximum Gasteiger partial charge on any atom is 0.277 e. The van der Waals surface area contributed by atoms with Crippen LogP contribution < -0.4 is 9.47 Å². The standard InChI is InChI=1S/C18H21N3O5S/c1-10-7-21(8-11(2)25-10)17(22)12(3)27-18-20-19-16(26-18)13-4-5-14-15(6-13)24-9-23-14/h4-6,10-12H,7-9H2,1-3H3/t10-,11+,12-/m0/s1. The number of aromatic nitrogens is 2. The summed E-state index contributed by atoms with van der Waals surface area (Å²) >= 11 is 1.26. The summed E-state index contributed by atoms with van der Waals surface area (Å²) < 4.78 is 22.1. The van der Waals surface area contributed by atoms with Crippen molar-refractivity contribution in [1.29, 1.82) is 0 Å². The van der Waals surface area contributed by atoms with Gasteiger partial charge < -0.3 is 23.5 Å². The maximum atomic E-state index is 12.7. The summed E-state index contributed by atoms with van der Waals surface area (Å²) in [5.41, 5.74) is 0.744. The minimum atomic E-state index is -0.326. The minimum absolute atomic E-state index is 0.0379. The zero-order chi connectivity index (χ0) is 19.0. The molecule has 0 spiro atoms. The van der Waals surface area contributed by atoms with Crippen molar-refractivity contribution in [3.8, 4) is 23.0 Å². The maximum absolute atomic E-state index is 12.7. The van der Waals surface area contributed by atoms with E-state index in [0.717, 1.165) is 5.56 Å². The van der Waals surface area contributed by atoms with Crippen LogP contribution in [0.25, 0.3) is 11.5 Å². The van der Waals surface area contributed by atoms with Crippen LogP contribution in [0.3, 0.4) is 0 Å². The van der Waals surface area contributed by atoms with Crippen LogP contribution in [0.1, 0.15) is 20.8 Å². The van der Waals surface area contributed by atoms with Crippen LogP contribution in [0.15, 0.2) is 27.8 Å². The van der Waals surface area contributed by atoms with Crippen LogP contribution in [0.2, 0.25) is 0 Å². The molecule has 2 aliphatic heterocycles. The highest BCUT2D eigenvalue weighted by Crippen LogP contribution is 2.36. The third kappa shape index (κ3) is 3.89. The van der Waals surface area contributed by atoms with Gasteiger partial charge >= 0.3 is 0 Å². The molecule has 8 nitrogen and oxygen atoms in total. The lowest BCUT2D eigenvalue weighted by molar-refractivity contribution is -0.142. The van der Waals surface area contributed by atoms with Crippen molar-refractivity contribution in [3.63, 3.8) is 0 Å². The van der Waals surface area contributed by atoms with Crippen molar-refractivity contribution >= 4 is 17.7 Å². The number of morpholine rings is 1. The number of nitrogens with zero attached hydrogens (tertiary/aromatic N) is 3. The molecule has 0 radical (unpaired) electrons. The van der Waals surface area contributed by atoms with E-state index in [-0.39, 0.29) is 30.2 Å². The van der Waals surface area contributed by atoms with Crippen LogP contribution in [0.5, 0.6) is 11.5 Å². The molecule has 3 atom stereocenters. The second-order valence-corrected chi connectivity index (χ2v) is 7.99. The highest BCUT2D eigenvalue weighted by atomic mass is 32.2. The molecule has 9 heteroatoms. The largest absolute Gasteiger partial charge is 0.454 e. The number of hydrogen-bond acceptors (Lipinski definition) is 8. The summed E-state index contributed by atoms with van der Waals surface area (Å²) in [6, 6.07) is 5.44. The Labute approximate surface area is 161 Å². The van der Waals surface area contributed by atoms with Crippen LogP contribution in [0.4, 0.5) is 0 Å². The molecule has 0 saturated carbocycles. The molecule has 0 unspecified atom stereocenters. The second-order valence-electron chi connectivity index (χ2n) is 6.70. The molecule has 1 saturated heterocycles. The Bertz CT molecular complexity index is 832. The lowest BCUT2D eigenvalue weighted by Gasteiger charge is -2.36. The first kappa shape index (κ1) is 18.1. The van der Waals surface area contributed by atoms with Gasteiger partial charge in [0.25, 0.3) is 5.22 Å². The van der Waals surface area contributed by atoms with Crippen molar-refractivity contribution in [2.75, 3.05) is 19.9 Å². The summed E-state index contributed by atoms with van der Waals surface area (Å²) in [5, 5.41) is 8.18. The fraction of sp³-hybridized carbons (Fsp3) is 0.500. The van der Waals surface area contributed by atoms with E-state index < -0.39 is 0 Å². The highest BCUT2D eigenvalue weighted by molar-refractivity contribution is 8.00. The van der Waals surface area contributed by atoms with E-state index >= 15 is 0 Å². The van der Waals surface area contributed by atoms with E-state index in [1.807, 2.05) is 37.8 Å². The Hall–Kier alpha value is -2.26. The number of carbonyl (C=O) groups excluding carboxylic acids is 1. The van der Waals surface area contributed by atoms with Gasteiger partial charge in [0, 0.05) is 18.7 Å². The lowest BCUT2D eigenvalue weighted by Crippen LogP contribution is -2.50. The minimum Gasteiger partial charge on any atom is -0.454 e. The van der Waals surface area contributed by atoms with Crippen molar-refractivity contribution in [2.24, 2.45) is 0 Å². The molecule has 1 amide bonds. The van der Waals surface area contributed by atoms with Crippen molar-refractivity contribution in [3.05, 3.63) is 18.2 Å². The van der Waals surface area contributed by atoms with E-state index in [1.54, 1.807) is 6.07 Å². The molecular weight excluding hydrogens is 370 g/mol. The first-order chi connectivity index (χ1) is 13.0. The smallest absolute Gasteiger partial charge is 0.277 e. The predicted molar refractivity (Wildman–Crippen MR) is 97.8 cm³/mol. The zero-order valence-corrected chi connectivity index (χ0v) is 16.2. The highest BCUT2D eigenvalue weighted by Gasteiger charge is 2.30. The number of rotatable bonds is 4. The number of benzene rings is 1. The lowest BCUT2D eigenvalue weighted by atomic mass is 10.2. The molecular formula is C18H21N3O5S. The molecule has 0 bridgehead atoms. The van der Waals surface area contributed by atoms with Crippen LogP contribution in [-0.2, 0) is 9.53 Å². The van der Waals surface area contributed by atoms with Gasteiger partial charge in [-0.2, -0.15) is 0 Å². The molecule has 1 fully saturated rings. The molecule has 0 N–H and O–H groups in total. The summed E-state index contributed by atoms with van der Waals surface area (Å²) in [5.74, 6) is 1.77. The van der Waals surface area contributed by atoms with E-state index in [2.05, 4.69) is 10.2 Å². The fourth-order valence-electron chi connectivity index (χ4n) is 3.22. The summed E-state index contributed by atoms with van der Waals surface area (Å²) in [6.07, 6.45) is 0.0758. The van der Waals surface area contributed by atoms with Crippen LogP contribution in [0, 0.1) is 0 Å². The summed E-state index contributed by atoms with van der Waals surface area (Å²) in [4.78, 5) is 14.6. The van der Waals surface area contributed by atoms with Gasteiger partial charge in [-0.3, -0.25) is 4.79 Å². The normalized spacial score (nSPS) is 22.7. The van der Waals surface area contributed by atoms with E-state index in [9.17, 15) is 4.79 Å². The number of carbonyl (C=O) groups is 1. The molecule has 0 aliphatic carbocycles. The van der Waals surface area contributed by atoms with E-state index in [4.69, 9.17) is 18.6 Å². The Kier molecular flexibility index (Phi) is 4.96. The van der Waals surface area contributed by atoms with Crippen LogP contribution >= 0.6 is 11.8 Å². The first-order valence-corrected chi connectivity index (χ1v) is 9.72. The monoisotopic (exact) mass is 391 g/mol. The van der Waals surface area contributed by atoms with Crippen molar-refractivity contribution in [1.82, 2.24) is 15.1 Å². The Balaban J connectivity index is 1.42. The fourth-order valence-corrected chi connectivity index (χ4v) is 3.99. The molecule has 3 heterocycles. The van der Waals surface area contributed by atoms with Gasteiger partial charge in [0.2, 0.25) is 18.6 Å². The topological polar surface area (TPSA) is 86.9 Å². The molecule has 144 valence electrons. The summed E-state index contributed by atoms with van der Waals surface area (Å²) in [7, 11) is 0. The molecule has 1 aromatic heterocycles. The van der Waals surface area contributed by atoms with E-state index in [0.29, 0.717) is 35.7 Å². The van der Waals surface area contributed by atoms with Gasteiger partial charge in [-0.1, -0.05) is 11.8 Å². The molecule has 2 aromatic rings. The predicted octanol–water partition coefficient (Wildman–Crippen LogP) is 2.58. The van der Waals surface area contributed by atoms with Crippen LogP contribution in [-0.4, -0.2) is 58.3 Å². The van der Waals surface area contributed by atoms with Crippen molar-refractivity contribution < 1.29 is 23.4 Å². The number of fused-ring (bicyclic) bond motifs is 1. The third-order valence-electron chi connectivity index (χ3n) is 4.38. The van der Waals surface area contributed by atoms with Gasteiger partial charge in [-0.05, 0) is 39.0 Å². The van der Waals surface area contributed by atoms with Gasteiger partial charge in [0.1, 0.15) is 0 Å². The molecule has 2 aliphatic rings. The SMILES string of the molecule is C[C@@H]1CN(C(=O)[C@H](C)Sc2nnc(-c3ccc4c(c3)OCO4)o2)C[C@H](C)O1. The second kappa shape index (κ2) is 7.40. The quantitative estimate of drug-likeness (QED) is 0.735. The van der Waals surface area contributed by atoms with E-state index in [1.165, 1.54) is 11.8 Å². The number of hydrogen-bond donors (Lipinski definition) is 0. The van der Waals surface area contributed by atoms with Crippen molar-refractivity contribution in [2.45, 2.75) is 43.5 Å². The Morgan fingerprint density at radius 2 is 1.93 bits per heavy atom. The average molecular weight is 391 g/mol. The average Bonchev–Trinajstić information content (AvgIpc) is 3.28. The number of thioether (sulfide) groups is 1. The van der Waals surface area contributed by atoms with Gasteiger partial charge in [0.15, 0.2) is 11.5 Å². The number of amides is 1. The Morgan fingerprint density at radius 3 is 2.70 bits per heavy atom. The summed E-state index contributed by atoms with van der Waals surface area (Å²) in [6.45, 7) is 7.21. The molecule has 27 heavy (non-hydrogen) atoms. The van der Waals surface area contributed by atoms with Gasteiger partial charge in [0.05, 0.1) is 17.5 Å². The Morgan fingerprint density at radius 1 is 1.19 bits per heavy atom. The molecule has 1 aromatic carbocycles.